The van der Waals surface area contributed by atoms with Gasteiger partial charge >= 0.3 is 0 Å². The molecule has 2 aromatic carbocycles. The smallest absolute Gasteiger partial charge is 0.246 e. The quantitative estimate of drug-likeness (QED) is 0.499. The fourth-order valence-electron chi connectivity index (χ4n) is 6.15. The average Bonchev–Trinajstić information content (AvgIpc) is 3.49. The van der Waals surface area contributed by atoms with Gasteiger partial charge in [-0.1, -0.05) is 18.2 Å². The van der Waals surface area contributed by atoms with E-state index in [0.717, 1.165) is 49.2 Å². The maximum Gasteiger partial charge on any atom is 0.246 e. The van der Waals surface area contributed by atoms with Crippen molar-refractivity contribution in [1.29, 1.82) is 0 Å². The van der Waals surface area contributed by atoms with Gasteiger partial charge in [-0.15, -0.1) is 0 Å². The topological polar surface area (TPSA) is 76.2 Å². The van der Waals surface area contributed by atoms with Crippen molar-refractivity contribution in [3.05, 3.63) is 65.2 Å². The second-order valence-corrected chi connectivity index (χ2v) is 10.7. The molecule has 3 aliphatic rings. The van der Waals surface area contributed by atoms with Crippen molar-refractivity contribution in [3.8, 4) is 11.5 Å². The first kappa shape index (κ1) is 26.0. The number of para-hydroxylation sites is 1. The van der Waals surface area contributed by atoms with Gasteiger partial charge in [0.2, 0.25) is 11.8 Å². The first-order valence-electron chi connectivity index (χ1n) is 13.6. The molecule has 2 saturated heterocycles. The van der Waals surface area contributed by atoms with Crippen molar-refractivity contribution in [1.82, 2.24) is 9.80 Å². The number of carbonyl (C=O) groups excluding carboxylic acids is 3. The third-order valence-corrected chi connectivity index (χ3v) is 8.40. The van der Waals surface area contributed by atoms with Crippen LogP contribution in [-0.2, 0) is 9.59 Å². The molecule has 200 valence electrons. The molecule has 1 aliphatic carbocycles. The zero-order chi connectivity index (χ0) is 26.7. The Morgan fingerprint density at radius 1 is 1.05 bits per heavy atom. The number of Topliss-reactive ketones (excluding diaryl/α,β-unsaturated/α-hetero) is 1. The molecule has 0 radical (unpaired) electrons. The molecule has 2 aliphatic heterocycles. The number of nitrogens with zero attached hydrogens (tertiary/aromatic N) is 2. The number of hydrogen-bond donors (Lipinski definition) is 0. The van der Waals surface area contributed by atoms with Crippen LogP contribution in [0.1, 0.15) is 66.4 Å². The fourth-order valence-corrected chi connectivity index (χ4v) is 6.15. The van der Waals surface area contributed by atoms with Crippen LogP contribution >= 0.6 is 0 Å². The van der Waals surface area contributed by atoms with E-state index in [1.807, 2.05) is 59.2 Å². The second kappa shape index (κ2) is 11.0. The summed E-state index contributed by atoms with van der Waals surface area (Å²) in [6.45, 7) is 5.39. The van der Waals surface area contributed by atoms with Crippen molar-refractivity contribution in [2.24, 2.45) is 5.41 Å². The molecule has 2 amide bonds. The van der Waals surface area contributed by atoms with Gasteiger partial charge < -0.3 is 19.3 Å². The van der Waals surface area contributed by atoms with E-state index in [1.165, 1.54) is 0 Å². The van der Waals surface area contributed by atoms with Gasteiger partial charge in [-0.05, 0) is 67.5 Å². The van der Waals surface area contributed by atoms with Gasteiger partial charge in [0.05, 0.1) is 13.7 Å². The number of methoxy groups -OCH3 is 1. The van der Waals surface area contributed by atoms with E-state index >= 15 is 0 Å². The van der Waals surface area contributed by atoms with Crippen LogP contribution in [0.15, 0.2) is 48.5 Å². The molecule has 1 unspecified atom stereocenters. The minimum atomic E-state index is -0.0873. The number of likely N-dealkylation sites (tertiary alicyclic amines) is 2. The third-order valence-electron chi connectivity index (χ3n) is 8.40. The first-order chi connectivity index (χ1) is 18.4. The summed E-state index contributed by atoms with van der Waals surface area (Å²) in [5.41, 5.74) is 2.62. The monoisotopic (exact) mass is 516 g/mol. The van der Waals surface area contributed by atoms with Gasteiger partial charge in [0.1, 0.15) is 11.5 Å². The third kappa shape index (κ3) is 5.33. The summed E-state index contributed by atoms with van der Waals surface area (Å²) in [6.07, 6.45) is 6.95. The molecule has 7 nitrogen and oxygen atoms in total. The summed E-state index contributed by atoms with van der Waals surface area (Å²) < 4.78 is 11.0. The van der Waals surface area contributed by atoms with Crippen molar-refractivity contribution in [2.45, 2.75) is 44.9 Å². The van der Waals surface area contributed by atoms with Crippen molar-refractivity contribution >= 4 is 23.7 Å². The molecule has 2 aromatic rings. The van der Waals surface area contributed by atoms with Gasteiger partial charge in [0.15, 0.2) is 5.78 Å². The first-order valence-corrected chi connectivity index (χ1v) is 13.6. The Hall–Kier alpha value is -3.61. The molecule has 7 heteroatoms. The molecule has 0 bridgehead atoms. The van der Waals surface area contributed by atoms with Crippen LogP contribution in [0, 0.1) is 5.41 Å². The summed E-state index contributed by atoms with van der Waals surface area (Å²) in [7, 11) is 1.61. The van der Waals surface area contributed by atoms with E-state index in [1.54, 1.807) is 19.3 Å². The highest BCUT2D eigenvalue weighted by molar-refractivity contribution is 6.02. The van der Waals surface area contributed by atoms with E-state index in [-0.39, 0.29) is 28.9 Å². The molecular formula is C31H36N2O5. The molecule has 0 aromatic heterocycles. The lowest BCUT2D eigenvalue weighted by Crippen LogP contribution is -2.44. The van der Waals surface area contributed by atoms with Crippen molar-refractivity contribution in [3.63, 3.8) is 0 Å². The Morgan fingerprint density at radius 3 is 2.53 bits per heavy atom. The SMILES string of the molecule is CCOc1ccccc1C=CC(=O)N1CCC2(CC1)CCN(C(=O)CC1CC(=O)c3ccc(OC)cc31)C2. The molecule has 38 heavy (non-hydrogen) atoms. The zero-order valence-electron chi connectivity index (χ0n) is 22.3. The Bertz CT molecular complexity index is 1240. The van der Waals surface area contributed by atoms with E-state index in [0.29, 0.717) is 43.9 Å². The van der Waals surface area contributed by atoms with E-state index in [9.17, 15) is 14.4 Å². The maximum absolute atomic E-state index is 13.3. The lowest BCUT2D eigenvalue weighted by molar-refractivity contribution is -0.132. The van der Waals surface area contributed by atoms with Crippen molar-refractivity contribution in [2.75, 3.05) is 39.9 Å². The second-order valence-electron chi connectivity index (χ2n) is 10.7. The largest absolute Gasteiger partial charge is 0.497 e. The van der Waals surface area contributed by atoms with E-state index < -0.39 is 0 Å². The molecule has 0 N–H and O–H groups in total. The number of benzene rings is 2. The Kier molecular flexibility index (Phi) is 7.54. The fraction of sp³-hybridized carbons (Fsp3) is 0.452. The minimum Gasteiger partial charge on any atom is -0.497 e. The van der Waals surface area contributed by atoms with Crippen molar-refractivity contribution < 1.29 is 23.9 Å². The Labute approximate surface area is 224 Å². The summed E-state index contributed by atoms with van der Waals surface area (Å²) in [4.78, 5) is 42.5. The average molecular weight is 517 g/mol. The predicted molar refractivity (Wildman–Crippen MR) is 145 cm³/mol. The van der Waals surface area contributed by atoms with Crippen LogP contribution in [0.2, 0.25) is 0 Å². The minimum absolute atomic E-state index is 0.0112. The molecular weight excluding hydrogens is 480 g/mol. The number of fused-ring (bicyclic) bond motifs is 1. The normalized spacial score (nSPS) is 20.3. The predicted octanol–water partition coefficient (Wildman–Crippen LogP) is 4.71. The van der Waals surface area contributed by atoms with Gasteiger partial charge in [-0.25, -0.2) is 0 Å². The number of ether oxygens (including phenoxy) is 2. The van der Waals surface area contributed by atoms with E-state index in [2.05, 4.69) is 0 Å². The molecule has 1 atom stereocenters. The number of amides is 2. The van der Waals surface area contributed by atoms with Crippen LogP contribution in [-0.4, -0.2) is 67.3 Å². The molecule has 1 spiro atoms. The highest BCUT2D eigenvalue weighted by Crippen LogP contribution is 2.42. The lowest BCUT2D eigenvalue weighted by Gasteiger charge is -2.39. The summed E-state index contributed by atoms with van der Waals surface area (Å²) >= 11 is 0. The lowest BCUT2D eigenvalue weighted by atomic mass is 9.77. The van der Waals surface area contributed by atoms with Crippen LogP contribution in [0.5, 0.6) is 11.5 Å². The maximum atomic E-state index is 13.3. The summed E-state index contributed by atoms with van der Waals surface area (Å²) in [5.74, 6) is 1.63. The number of ketones is 1. The van der Waals surface area contributed by atoms with Crippen LogP contribution in [0.4, 0.5) is 0 Å². The summed E-state index contributed by atoms with van der Waals surface area (Å²) in [6, 6.07) is 13.2. The Balaban J connectivity index is 1.15. The number of hydrogen-bond acceptors (Lipinski definition) is 5. The molecule has 2 fully saturated rings. The Morgan fingerprint density at radius 2 is 1.79 bits per heavy atom. The van der Waals surface area contributed by atoms with Crippen LogP contribution in [0.3, 0.4) is 0 Å². The number of rotatable bonds is 7. The zero-order valence-corrected chi connectivity index (χ0v) is 22.3. The molecule has 5 rings (SSSR count). The van der Waals surface area contributed by atoms with Gasteiger partial charge in [-0.3, -0.25) is 14.4 Å². The van der Waals surface area contributed by atoms with Gasteiger partial charge in [0.25, 0.3) is 0 Å². The number of carbonyl (C=O) groups is 3. The van der Waals surface area contributed by atoms with Gasteiger partial charge in [-0.2, -0.15) is 0 Å². The highest BCUT2D eigenvalue weighted by Gasteiger charge is 2.43. The molecule has 2 heterocycles. The standard InChI is InChI=1S/C31H36N2O5/c1-3-38-28-7-5-4-6-22(28)8-11-29(35)32-15-12-31(13-16-32)14-17-33(21-31)30(36)19-23-18-27(34)25-10-9-24(37-2)20-26(23)25/h4-11,20,23H,3,12-19,21H2,1-2H3. The summed E-state index contributed by atoms with van der Waals surface area (Å²) in [5, 5.41) is 0. The molecule has 0 saturated carbocycles. The van der Waals surface area contributed by atoms with Crippen LogP contribution < -0.4 is 9.47 Å². The highest BCUT2D eigenvalue weighted by atomic mass is 16.5. The van der Waals surface area contributed by atoms with Crippen LogP contribution in [0.25, 0.3) is 6.08 Å². The van der Waals surface area contributed by atoms with E-state index in [4.69, 9.17) is 9.47 Å². The number of piperidine rings is 1. The van der Waals surface area contributed by atoms with Gasteiger partial charge in [0, 0.05) is 62.1 Å².